The molecule has 322 valence electrons. The number of halogens is 3. The van der Waals surface area contributed by atoms with Crippen LogP contribution in [-0.2, 0) is 55.8 Å². The summed E-state index contributed by atoms with van der Waals surface area (Å²) in [7, 11) is -6.09. The summed E-state index contributed by atoms with van der Waals surface area (Å²) in [6, 6.07) is 0. The minimum Gasteiger partial charge on any atom is -0.741 e. The molecule has 0 N–H and O–H groups in total. The van der Waals surface area contributed by atoms with Crippen molar-refractivity contribution in [2.24, 2.45) is 0 Å². The van der Waals surface area contributed by atoms with Gasteiger partial charge in [-0.1, -0.05) is 0 Å². The first-order chi connectivity index (χ1) is 26.2. The first-order valence-electron chi connectivity index (χ1n) is 19.5. The van der Waals surface area contributed by atoms with Gasteiger partial charge in [0.2, 0.25) is 19.0 Å². The molecule has 0 amide bonds. The molecular formula is C42H64F3N6O5STl. The maximum absolute atomic E-state index is 10.7. The Morgan fingerprint density at radius 1 is 0.655 bits per heavy atom. The summed E-state index contributed by atoms with van der Waals surface area (Å²) in [6.07, 6.45) is 28.6. The van der Waals surface area contributed by atoms with E-state index in [9.17, 15) is 13.2 Å². The topological polar surface area (TPSA) is 102 Å². The van der Waals surface area contributed by atoms with Gasteiger partial charge in [0.05, 0.1) is 36.3 Å². The molecule has 0 radical (unpaired) electrons. The molecule has 58 heavy (non-hydrogen) atoms. The van der Waals surface area contributed by atoms with Crippen molar-refractivity contribution in [2.45, 2.75) is 151 Å². The van der Waals surface area contributed by atoms with E-state index in [2.05, 4.69) is 167 Å². The van der Waals surface area contributed by atoms with Gasteiger partial charge in [0, 0.05) is 26.4 Å². The second kappa shape index (κ2) is 21.3. The Morgan fingerprint density at radius 2 is 1.02 bits per heavy atom. The number of hydrogen-bond donors (Lipinski definition) is 0. The van der Waals surface area contributed by atoms with Crippen molar-refractivity contribution in [1.82, 2.24) is 13.7 Å². The number of imidazole rings is 3. The summed E-state index contributed by atoms with van der Waals surface area (Å²) in [5.74, 6) is 0. The Kier molecular flexibility index (Phi) is 18.9. The molecule has 2 aliphatic heterocycles. The largest absolute Gasteiger partial charge is 1.00 e. The van der Waals surface area contributed by atoms with Crippen LogP contribution in [0.1, 0.15) is 121 Å². The fourth-order valence-electron chi connectivity index (χ4n) is 6.07. The standard InChI is InChI=1S/C33H48N6.2C4H8O.CHF3O3S.Tl/c1-25-28(19-34-13-16-37(22-34)31(4,5)6)26(2)30(21-36-15-18-39(24-36)33(10,11)12)27(3)29(25)20-35-14-17-38(23-35)32(7,8)9;2*1-2-4-5-3-1;2-1(3,4)8(5,6)7;/h13-18H,19-21H2,1-12H3;2*1-4H2;(H,5,6,7);/q;;;;+1/p-1. The number of nitrogens with zero attached hydrogens (tertiary/aromatic N) is 6. The van der Waals surface area contributed by atoms with Crippen LogP contribution in [0.2, 0.25) is 0 Å². The zero-order chi connectivity index (χ0) is 43.0. The van der Waals surface area contributed by atoms with Crippen molar-refractivity contribution in [3.05, 3.63) is 89.5 Å². The minimum absolute atomic E-state index is 0. The van der Waals surface area contributed by atoms with E-state index in [0.29, 0.717) is 0 Å². The Morgan fingerprint density at radius 3 is 1.28 bits per heavy atom. The molecule has 2 fully saturated rings. The number of hydrogen-bond acceptors (Lipinski definition) is 5. The summed E-state index contributed by atoms with van der Waals surface area (Å²) in [6.45, 7) is 33.1. The van der Waals surface area contributed by atoms with Gasteiger partial charge >= 0.3 is 32.8 Å². The summed E-state index contributed by atoms with van der Waals surface area (Å²) in [4.78, 5) is 0. The molecule has 0 saturated carbocycles. The van der Waals surface area contributed by atoms with E-state index in [1.165, 1.54) is 59.1 Å². The summed E-state index contributed by atoms with van der Waals surface area (Å²) in [5, 5.41) is 0. The maximum Gasteiger partial charge on any atom is 1.00 e. The van der Waals surface area contributed by atoms with Gasteiger partial charge in [0.25, 0.3) is 0 Å². The molecular weight excluding hydrogens is 962 g/mol. The Balaban J connectivity index is 0.000000499. The second-order valence-electron chi connectivity index (χ2n) is 17.6. The van der Waals surface area contributed by atoms with Crippen molar-refractivity contribution >= 4 is 37.4 Å². The van der Waals surface area contributed by atoms with Crippen LogP contribution < -0.4 is 13.7 Å². The molecule has 0 unspecified atom stereocenters. The number of alkyl halides is 3. The third kappa shape index (κ3) is 15.5. The van der Waals surface area contributed by atoms with Crippen LogP contribution in [0.4, 0.5) is 13.2 Å². The molecule has 0 aliphatic carbocycles. The van der Waals surface area contributed by atoms with Gasteiger partial charge < -0.3 is 41.4 Å². The van der Waals surface area contributed by atoms with E-state index < -0.39 is 15.6 Å². The zero-order valence-electron chi connectivity index (χ0n) is 36.6. The SMILES string of the molecule is C1CCOC1.C1CCOC1.Cc1c(Cn2[c-][n+](C(C)(C)C)cc2)c(C)c(C[n+]2[c-]n(C(C)(C)C)cc2)c(C)c1C[n+]1[c-]n(C(C)(C)C)cc1.O=S(=O)([O-])C(F)(F)F.[Tl+]. The maximum atomic E-state index is 10.7. The third-order valence-electron chi connectivity index (χ3n) is 9.70. The fraction of sp³-hybridized carbons (Fsp3) is 0.643. The van der Waals surface area contributed by atoms with Crippen LogP contribution in [0.5, 0.6) is 0 Å². The first kappa shape index (κ1) is 51.5. The van der Waals surface area contributed by atoms with Crippen LogP contribution in [0.25, 0.3) is 0 Å². The van der Waals surface area contributed by atoms with Crippen LogP contribution in [0, 0.1) is 39.8 Å². The number of ether oxygens (including phenoxy) is 2. The summed E-state index contributed by atoms with van der Waals surface area (Å²) < 4.78 is 81.8. The van der Waals surface area contributed by atoms with E-state index in [-0.39, 0.29) is 43.9 Å². The Hall–Kier alpha value is -2.61. The quantitative estimate of drug-likeness (QED) is 0.0782. The average molecular weight is 1030 g/mol. The smallest absolute Gasteiger partial charge is 0.741 e. The molecule has 4 aromatic rings. The second-order valence-corrected chi connectivity index (χ2v) is 18.9. The van der Waals surface area contributed by atoms with Gasteiger partial charge in [-0.15, -0.1) is 0 Å². The van der Waals surface area contributed by atoms with Gasteiger partial charge in [0.1, 0.15) is 0 Å². The Labute approximate surface area is 365 Å². The average Bonchev–Trinajstić information content (AvgIpc) is 3.94. The van der Waals surface area contributed by atoms with Crippen molar-refractivity contribution < 1.29 is 49.3 Å². The molecule has 1 aromatic carbocycles. The van der Waals surface area contributed by atoms with E-state index in [4.69, 9.17) is 22.4 Å². The van der Waals surface area contributed by atoms with Crippen LogP contribution in [0.3, 0.4) is 0 Å². The van der Waals surface area contributed by atoms with E-state index in [1.807, 2.05) is 0 Å². The third-order valence-corrected chi connectivity index (χ3v) is 10.3. The predicted octanol–water partition coefficient (Wildman–Crippen LogP) is 5.95. The van der Waals surface area contributed by atoms with Crippen molar-refractivity contribution in [2.75, 3.05) is 26.4 Å². The van der Waals surface area contributed by atoms with Gasteiger partial charge in [-0.25, -0.2) is 8.42 Å². The number of benzene rings is 1. The van der Waals surface area contributed by atoms with Crippen LogP contribution >= 0.6 is 0 Å². The van der Waals surface area contributed by atoms with Gasteiger partial charge in [-0.2, -0.15) is 13.2 Å². The zero-order valence-corrected chi connectivity index (χ0v) is 41.9. The minimum atomic E-state index is -6.09. The van der Waals surface area contributed by atoms with E-state index >= 15 is 0 Å². The molecule has 5 heterocycles. The predicted molar refractivity (Wildman–Crippen MR) is 215 cm³/mol. The molecule has 3 aromatic heterocycles. The molecule has 11 nitrogen and oxygen atoms in total. The normalized spacial score (nSPS) is 14.8. The van der Waals surface area contributed by atoms with Crippen LogP contribution in [0.15, 0.2) is 37.2 Å². The van der Waals surface area contributed by atoms with Gasteiger partial charge in [-0.05, 0) is 179 Å². The summed E-state index contributed by atoms with van der Waals surface area (Å²) in [5.41, 5.74) is 2.50. The molecule has 0 spiro atoms. The van der Waals surface area contributed by atoms with Crippen molar-refractivity contribution in [1.29, 1.82) is 0 Å². The molecule has 2 saturated heterocycles. The van der Waals surface area contributed by atoms with Crippen molar-refractivity contribution in [3.8, 4) is 0 Å². The van der Waals surface area contributed by atoms with Crippen LogP contribution in [-0.4, -0.2) is 85.9 Å². The number of aromatic nitrogens is 6. The first-order valence-corrected chi connectivity index (χ1v) is 20.9. The fourth-order valence-corrected chi connectivity index (χ4v) is 6.07. The molecule has 2 aliphatic rings. The number of rotatable bonds is 6. The van der Waals surface area contributed by atoms with E-state index in [1.54, 1.807) is 0 Å². The molecule has 0 bridgehead atoms. The molecule has 6 rings (SSSR count). The summed E-state index contributed by atoms with van der Waals surface area (Å²) >= 11 is 0. The van der Waals surface area contributed by atoms with Crippen molar-refractivity contribution in [3.63, 3.8) is 0 Å². The van der Waals surface area contributed by atoms with E-state index in [0.717, 1.165) is 46.1 Å². The Bertz CT molecular complexity index is 1770. The molecule has 0 atom stereocenters. The molecule has 16 heteroatoms. The van der Waals surface area contributed by atoms with Gasteiger partial charge in [-0.3, -0.25) is 0 Å². The van der Waals surface area contributed by atoms with Gasteiger partial charge in [0.15, 0.2) is 10.1 Å². The monoisotopic (exact) mass is 1030 g/mol.